The molecule has 1 aliphatic heterocycles. The van der Waals surface area contributed by atoms with E-state index in [1.54, 1.807) is 24.3 Å². The van der Waals surface area contributed by atoms with Gasteiger partial charge in [-0.2, -0.15) is 0 Å². The quantitative estimate of drug-likeness (QED) is 0.867. The Labute approximate surface area is 125 Å². The van der Waals surface area contributed by atoms with Crippen molar-refractivity contribution in [2.45, 2.75) is 13.0 Å². The summed E-state index contributed by atoms with van der Waals surface area (Å²) in [6.07, 6.45) is 0. The normalized spacial score (nSPS) is 18.3. The first-order valence-corrected chi connectivity index (χ1v) is 6.41. The van der Waals surface area contributed by atoms with Crippen LogP contribution >= 0.6 is 11.6 Å². The van der Waals surface area contributed by atoms with E-state index >= 15 is 0 Å². The summed E-state index contributed by atoms with van der Waals surface area (Å²) in [5.41, 5.74) is 0.340. The highest BCUT2D eigenvalue weighted by Crippen LogP contribution is 2.37. The van der Waals surface area contributed by atoms with Gasteiger partial charge in [0.15, 0.2) is 11.5 Å². The highest BCUT2D eigenvalue weighted by molar-refractivity contribution is 6.30. The van der Waals surface area contributed by atoms with Crippen molar-refractivity contribution in [3.8, 4) is 0 Å². The summed E-state index contributed by atoms with van der Waals surface area (Å²) in [5.74, 6) is -3.64. The number of nitrogens with zero attached hydrogens (tertiary/aromatic N) is 1. The predicted molar refractivity (Wildman–Crippen MR) is 71.2 cm³/mol. The van der Waals surface area contributed by atoms with Gasteiger partial charge in [0.2, 0.25) is 0 Å². The molecule has 2 rings (SSSR count). The maximum atomic E-state index is 12.0. The molecule has 0 aromatic heterocycles. The van der Waals surface area contributed by atoms with Gasteiger partial charge in [-0.3, -0.25) is 9.59 Å². The van der Waals surface area contributed by atoms with Gasteiger partial charge >= 0.3 is 0 Å². The molecule has 0 radical (unpaired) electrons. The average molecular weight is 309 g/mol. The fourth-order valence-corrected chi connectivity index (χ4v) is 2.43. The first-order valence-electron chi connectivity index (χ1n) is 6.03. The number of amides is 1. The van der Waals surface area contributed by atoms with Gasteiger partial charge in [-0.1, -0.05) is 23.7 Å². The second-order valence-electron chi connectivity index (χ2n) is 4.58. The SMILES string of the molecule is CC(=O)C1=C(O)C(=O)N(CC(=O)[O-])[C@@H]1c1ccc(Cl)cc1. The third-order valence-corrected chi connectivity index (χ3v) is 3.42. The molecule has 0 bridgehead atoms. The van der Waals surface area contributed by atoms with Gasteiger partial charge in [0.25, 0.3) is 5.91 Å². The fraction of sp³-hybridized carbons (Fsp3) is 0.214. The van der Waals surface area contributed by atoms with Crippen molar-refractivity contribution in [1.29, 1.82) is 0 Å². The molecule has 1 heterocycles. The van der Waals surface area contributed by atoms with Crippen LogP contribution in [-0.4, -0.2) is 34.2 Å². The minimum absolute atomic E-state index is 0.136. The molecule has 0 unspecified atom stereocenters. The lowest BCUT2D eigenvalue weighted by molar-refractivity contribution is -0.306. The summed E-state index contributed by atoms with van der Waals surface area (Å²) in [6.45, 7) is 0.469. The number of hydrogen-bond donors (Lipinski definition) is 1. The Hall–Kier alpha value is -2.34. The molecule has 1 aromatic carbocycles. The molecule has 110 valence electrons. The van der Waals surface area contributed by atoms with Crippen LogP contribution in [0.4, 0.5) is 0 Å². The smallest absolute Gasteiger partial charge is 0.290 e. The van der Waals surface area contributed by atoms with Crippen LogP contribution in [0.1, 0.15) is 18.5 Å². The topological polar surface area (TPSA) is 97.7 Å². The van der Waals surface area contributed by atoms with Crippen LogP contribution in [0.3, 0.4) is 0 Å². The van der Waals surface area contributed by atoms with E-state index in [1.165, 1.54) is 6.92 Å². The molecule has 1 atom stereocenters. The maximum Gasteiger partial charge on any atom is 0.290 e. The number of carbonyl (C=O) groups is 3. The number of ketones is 1. The van der Waals surface area contributed by atoms with Gasteiger partial charge < -0.3 is 19.9 Å². The number of rotatable bonds is 4. The van der Waals surface area contributed by atoms with Gasteiger partial charge in [-0.15, -0.1) is 0 Å². The van der Waals surface area contributed by atoms with Crippen molar-refractivity contribution < 1.29 is 24.6 Å². The zero-order valence-electron chi connectivity index (χ0n) is 11.0. The molecule has 6 nitrogen and oxygen atoms in total. The summed E-state index contributed by atoms with van der Waals surface area (Å²) in [4.78, 5) is 35.3. The van der Waals surface area contributed by atoms with Gasteiger partial charge in [0.05, 0.1) is 24.1 Å². The van der Waals surface area contributed by atoms with Gasteiger partial charge in [0, 0.05) is 5.02 Å². The van der Waals surface area contributed by atoms with Crippen molar-refractivity contribution in [1.82, 2.24) is 4.90 Å². The Morgan fingerprint density at radius 3 is 2.38 bits per heavy atom. The van der Waals surface area contributed by atoms with E-state index in [9.17, 15) is 24.6 Å². The Balaban J connectivity index is 2.53. The van der Waals surface area contributed by atoms with E-state index < -0.39 is 36.0 Å². The van der Waals surface area contributed by atoms with Crippen molar-refractivity contribution in [3.05, 3.63) is 46.2 Å². The molecule has 0 spiro atoms. The Morgan fingerprint density at radius 1 is 1.33 bits per heavy atom. The molecule has 0 saturated heterocycles. The van der Waals surface area contributed by atoms with Gasteiger partial charge in [-0.25, -0.2) is 0 Å². The van der Waals surface area contributed by atoms with E-state index in [1.807, 2.05) is 0 Å². The summed E-state index contributed by atoms with van der Waals surface area (Å²) in [5, 5.41) is 21.1. The summed E-state index contributed by atoms with van der Waals surface area (Å²) in [7, 11) is 0. The minimum atomic E-state index is -1.49. The second kappa shape index (κ2) is 5.57. The number of halogens is 1. The lowest BCUT2D eigenvalue weighted by atomic mass is 9.97. The second-order valence-corrected chi connectivity index (χ2v) is 5.01. The Kier molecular flexibility index (Phi) is 3.99. The predicted octanol–water partition coefficient (Wildman–Crippen LogP) is 0.374. The summed E-state index contributed by atoms with van der Waals surface area (Å²) >= 11 is 5.78. The Bertz CT molecular complexity index is 650. The van der Waals surface area contributed by atoms with Gasteiger partial charge in [0.1, 0.15) is 0 Å². The van der Waals surface area contributed by atoms with Crippen LogP contribution in [-0.2, 0) is 14.4 Å². The molecule has 1 aromatic rings. The molecular weight excluding hydrogens is 298 g/mol. The van der Waals surface area contributed by atoms with Crippen LogP contribution in [0.5, 0.6) is 0 Å². The van der Waals surface area contributed by atoms with Crippen LogP contribution in [0.15, 0.2) is 35.6 Å². The fourth-order valence-electron chi connectivity index (χ4n) is 2.31. The number of aliphatic carboxylic acids is 1. The number of Topliss-reactive ketones (excluding diaryl/α,β-unsaturated/α-hetero) is 1. The largest absolute Gasteiger partial charge is 0.548 e. The Morgan fingerprint density at radius 2 is 1.90 bits per heavy atom. The van der Waals surface area contributed by atoms with Crippen LogP contribution in [0.25, 0.3) is 0 Å². The van der Waals surface area contributed by atoms with E-state index in [0.717, 1.165) is 4.90 Å². The zero-order valence-corrected chi connectivity index (χ0v) is 11.8. The van der Waals surface area contributed by atoms with Crippen molar-refractivity contribution in [2.75, 3.05) is 6.54 Å². The van der Waals surface area contributed by atoms with E-state index in [0.29, 0.717) is 10.6 Å². The lowest BCUT2D eigenvalue weighted by Gasteiger charge is -2.26. The first kappa shape index (κ1) is 15.1. The monoisotopic (exact) mass is 308 g/mol. The molecule has 0 aliphatic carbocycles. The number of benzene rings is 1. The third kappa shape index (κ3) is 2.75. The molecule has 1 N–H and O–H groups in total. The number of carbonyl (C=O) groups excluding carboxylic acids is 3. The molecule has 1 aliphatic rings. The molecule has 7 heteroatoms. The van der Waals surface area contributed by atoms with E-state index in [2.05, 4.69) is 0 Å². The molecule has 0 saturated carbocycles. The van der Waals surface area contributed by atoms with Crippen LogP contribution in [0.2, 0.25) is 5.02 Å². The van der Waals surface area contributed by atoms with Crippen LogP contribution in [0, 0.1) is 0 Å². The van der Waals surface area contributed by atoms with Crippen molar-refractivity contribution in [2.24, 2.45) is 0 Å². The van der Waals surface area contributed by atoms with E-state index in [4.69, 9.17) is 11.6 Å². The molecular formula is C14H11ClNO5-. The van der Waals surface area contributed by atoms with E-state index in [-0.39, 0.29) is 5.57 Å². The van der Waals surface area contributed by atoms with Gasteiger partial charge in [-0.05, 0) is 24.6 Å². The maximum absolute atomic E-state index is 12.0. The number of aliphatic hydroxyl groups is 1. The number of aliphatic hydroxyl groups excluding tert-OH is 1. The first-order chi connectivity index (χ1) is 9.82. The van der Waals surface area contributed by atoms with Crippen molar-refractivity contribution in [3.63, 3.8) is 0 Å². The molecule has 1 amide bonds. The average Bonchev–Trinajstić information content (AvgIpc) is 2.64. The zero-order chi connectivity index (χ0) is 15.7. The number of carboxylic acids is 1. The highest BCUT2D eigenvalue weighted by atomic mass is 35.5. The standard InChI is InChI=1S/C14H12ClNO5/c1-7(17)11-12(8-2-4-9(15)5-3-8)16(6-10(18)19)14(21)13(11)20/h2-5,12,20H,6H2,1H3,(H,18,19)/p-1/t12-/m1/s1. The number of hydrogen-bond acceptors (Lipinski definition) is 5. The van der Waals surface area contributed by atoms with Crippen LogP contribution < -0.4 is 5.11 Å². The summed E-state index contributed by atoms with van der Waals surface area (Å²) < 4.78 is 0. The number of carboxylic acid groups (broad SMARTS) is 1. The minimum Gasteiger partial charge on any atom is -0.548 e. The van der Waals surface area contributed by atoms with Crippen molar-refractivity contribution >= 4 is 29.3 Å². The summed E-state index contributed by atoms with van der Waals surface area (Å²) in [6, 6.07) is 5.25. The third-order valence-electron chi connectivity index (χ3n) is 3.17. The highest BCUT2D eigenvalue weighted by Gasteiger charge is 2.42. The molecule has 21 heavy (non-hydrogen) atoms. The lowest BCUT2D eigenvalue weighted by Crippen LogP contribution is -2.41. The molecule has 0 fully saturated rings.